The Morgan fingerprint density at radius 3 is 2.44 bits per heavy atom. The first kappa shape index (κ1) is 47.8. The van der Waals surface area contributed by atoms with Gasteiger partial charge in [0, 0.05) is 30.8 Å². The zero-order valence-electron chi connectivity index (χ0n) is 31.3. The van der Waals surface area contributed by atoms with Gasteiger partial charge >= 0.3 is 0 Å². The van der Waals surface area contributed by atoms with Crippen LogP contribution in [-0.2, 0) is 9.53 Å². The Balaban J connectivity index is 0. The molecular formula is C43H61F2N3O2. The smallest absolute Gasteiger partial charge is 0.123 e. The van der Waals surface area contributed by atoms with Gasteiger partial charge in [0.25, 0.3) is 0 Å². The van der Waals surface area contributed by atoms with E-state index in [9.17, 15) is 8.78 Å². The van der Waals surface area contributed by atoms with Crippen molar-refractivity contribution >= 4 is 12.5 Å². The van der Waals surface area contributed by atoms with Crippen LogP contribution in [0.1, 0.15) is 92.9 Å². The fourth-order valence-electron chi connectivity index (χ4n) is 4.79. The van der Waals surface area contributed by atoms with Gasteiger partial charge in [-0.15, -0.1) is 18.6 Å². The fraction of sp³-hybridized carbons (Fsp3) is 0.419. The summed E-state index contributed by atoms with van der Waals surface area (Å²) in [5, 5.41) is 9.74. The van der Waals surface area contributed by atoms with Crippen LogP contribution < -0.4 is 5.32 Å². The standard InChI is InChI=1S/C26H36F2N2.C14H21NO.C2H2.CH2O/c1-5-14-25(28)19-22(6-2)15-11-9-10-12-16-23-20-26(8-4)29-30(21-23)18-13-17-24(27)7-3;1-4-16-13(3)15-12(2)14-10-8-6-5-7-9-11-14;2*1-2/h5-8,13-14,17,19,21H,4,9-12,15-16,18,20H2,1-3H3;5-6,8-9,11-13,15H,4,7H2,1-3H3;1-2H;1H2/b14-5-,17-13-,22-6-,24-7+,25-19+;6-5-,11-9-;;/t;10?,12-,13?;;/m.0../s1. The first-order valence-electron chi connectivity index (χ1n) is 17.3. The lowest BCUT2D eigenvalue weighted by molar-refractivity contribution is -0.0980. The van der Waals surface area contributed by atoms with Gasteiger partial charge in [-0.1, -0.05) is 68.0 Å². The molecule has 0 fully saturated rings. The monoisotopic (exact) mass is 689 g/mol. The molecule has 1 heterocycles. The normalized spacial score (nSPS) is 17.3. The first-order chi connectivity index (χ1) is 24.3. The average Bonchev–Trinajstić information content (AvgIpc) is 3.11. The van der Waals surface area contributed by atoms with Gasteiger partial charge in [0.2, 0.25) is 0 Å². The maximum Gasteiger partial charge on any atom is 0.123 e. The van der Waals surface area contributed by atoms with E-state index in [1.807, 2.05) is 57.7 Å². The van der Waals surface area contributed by atoms with Crippen molar-refractivity contribution in [1.29, 1.82) is 0 Å². The van der Waals surface area contributed by atoms with Crippen LogP contribution >= 0.6 is 0 Å². The van der Waals surface area contributed by atoms with Crippen molar-refractivity contribution in [3.63, 3.8) is 0 Å². The lowest BCUT2D eigenvalue weighted by Crippen LogP contribution is -2.37. The van der Waals surface area contributed by atoms with Gasteiger partial charge in [0.05, 0.1) is 12.3 Å². The zero-order chi connectivity index (χ0) is 38.0. The minimum atomic E-state index is -0.245. The summed E-state index contributed by atoms with van der Waals surface area (Å²) in [6.45, 7) is 18.7. The van der Waals surface area contributed by atoms with E-state index < -0.39 is 0 Å². The van der Waals surface area contributed by atoms with Crippen molar-refractivity contribution in [3.8, 4) is 12.8 Å². The number of hydrogen-bond acceptors (Lipinski definition) is 5. The molecule has 50 heavy (non-hydrogen) atoms. The van der Waals surface area contributed by atoms with Gasteiger partial charge in [-0.2, -0.15) is 5.10 Å². The molecule has 0 radical (unpaired) electrons. The molecule has 0 aromatic carbocycles. The van der Waals surface area contributed by atoms with Crippen molar-refractivity contribution in [1.82, 2.24) is 10.3 Å². The molecule has 0 saturated carbocycles. The molecule has 1 N–H and O–H groups in total. The Bertz CT molecular complexity index is 1320. The number of terminal acetylenes is 1. The van der Waals surface area contributed by atoms with Crippen LogP contribution in [0.2, 0.25) is 0 Å². The van der Waals surface area contributed by atoms with E-state index in [4.69, 9.17) is 9.53 Å². The second-order valence-corrected chi connectivity index (χ2v) is 11.1. The number of allylic oxidation sites excluding steroid dienone is 14. The number of carbonyl (C=O) groups excluding carboxylic acids is 1. The molecule has 2 atom stereocenters. The molecule has 0 saturated heterocycles. The highest BCUT2D eigenvalue weighted by Crippen LogP contribution is 2.21. The van der Waals surface area contributed by atoms with Crippen LogP contribution in [0.15, 0.2) is 131 Å². The highest BCUT2D eigenvalue weighted by atomic mass is 19.1. The van der Waals surface area contributed by atoms with Crippen LogP contribution in [0.3, 0.4) is 0 Å². The van der Waals surface area contributed by atoms with E-state index in [-0.39, 0.29) is 23.9 Å². The molecule has 0 aromatic heterocycles. The van der Waals surface area contributed by atoms with Gasteiger partial charge in [-0.25, -0.2) is 8.78 Å². The molecule has 0 amide bonds. The van der Waals surface area contributed by atoms with Gasteiger partial charge in [-0.3, -0.25) is 10.3 Å². The highest BCUT2D eigenvalue weighted by Gasteiger charge is 2.11. The lowest BCUT2D eigenvalue weighted by Gasteiger charge is -2.22. The molecule has 274 valence electrons. The van der Waals surface area contributed by atoms with Crippen molar-refractivity contribution in [2.24, 2.45) is 5.10 Å². The number of unbranched alkanes of at least 4 members (excludes halogenated alkanes) is 3. The number of hydrazone groups is 1. The maximum atomic E-state index is 13.6. The van der Waals surface area contributed by atoms with Crippen molar-refractivity contribution in [2.45, 2.75) is 105 Å². The van der Waals surface area contributed by atoms with E-state index in [1.165, 1.54) is 23.8 Å². The van der Waals surface area contributed by atoms with Crippen molar-refractivity contribution in [3.05, 3.63) is 126 Å². The van der Waals surface area contributed by atoms with Crippen LogP contribution in [0.25, 0.3) is 0 Å². The molecule has 7 heteroatoms. The molecule has 1 aliphatic carbocycles. The summed E-state index contributed by atoms with van der Waals surface area (Å²) in [5.41, 5.74) is 7.75. The van der Waals surface area contributed by atoms with Crippen molar-refractivity contribution < 1.29 is 18.3 Å². The number of ether oxygens (including phenoxy) is 1. The summed E-state index contributed by atoms with van der Waals surface area (Å²) in [7, 11) is 0. The van der Waals surface area contributed by atoms with E-state index in [0.717, 1.165) is 74.8 Å². The fourth-order valence-corrected chi connectivity index (χ4v) is 4.79. The predicted molar refractivity (Wildman–Crippen MR) is 212 cm³/mol. The number of nitrogens with one attached hydrogen (secondary N) is 1. The van der Waals surface area contributed by atoms with Crippen LogP contribution in [-0.4, -0.2) is 42.9 Å². The van der Waals surface area contributed by atoms with Gasteiger partial charge in [0.15, 0.2) is 0 Å². The molecule has 1 unspecified atom stereocenters. The zero-order valence-corrected chi connectivity index (χ0v) is 31.3. The molecule has 0 bridgehead atoms. The summed E-state index contributed by atoms with van der Waals surface area (Å²) >= 11 is 0. The summed E-state index contributed by atoms with van der Waals surface area (Å²) in [4.78, 5) is 8.00. The maximum absolute atomic E-state index is 13.6. The third-order valence-electron chi connectivity index (χ3n) is 7.23. The van der Waals surface area contributed by atoms with Crippen LogP contribution in [0.4, 0.5) is 8.78 Å². The Morgan fingerprint density at radius 2 is 1.80 bits per heavy atom. The Morgan fingerprint density at radius 1 is 1.08 bits per heavy atom. The topological polar surface area (TPSA) is 53.9 Å². The molecule has 2 aliphatic rings. The van der Waals surface area contributed by atoms with Gasteiger partial charge in [-0.05, 0) is 115 Å². The second-order valence-electron chi connectivity index (χ2n) is 11.1. The predicted octanol–water partition coefficient (Wildman–Crippen LogP) is 11.3. The molecule has 5 nitrogen and oxygen atoms in total. The summed E-state index contributed by atoms with van der Waals surface area (Å²) in [6, 6.07) is 0.251. The van der Waals surface area contributed by atoms with Gasteiger partial charge < -0.3 is 9.53 Å². The van der Waals surface area contributed by atoms with E-state index in [2.05, 4.69) is 66.9 Å². The van der Waals surface area contributed by atoms with Crippen LogP contribution in [0.5, 0.6) is 0 Å². The minimum Gasteiger partial charge on any atom is -0.364 e. The molecular weight excluding hydrogens is 628 g/mol. The highest BCUT2D eigenvalue weighted by molar-refractivity contribution is 5.96. The van der Waals surface area contributed by atoms with E-state index in [1.54, 1.807) is 31.2 Å². The Labute approximate surface area is 302 Å². The largest absolute Gasteiger partial charge is 0.364 e. The third-order valence-corrected chi connectivity index (χ3v) is 7.23. The number of hydrogen-bond donors (Lipinski definition) is 1. The average molecular weight is 690 g/mol. The summed E-state index contributed by atoms with van der Waals surface area (Å²) in [6.07, 6.45) is 41.9. The van der Waals surface area contributed by atoms with E-state index >= 15 is 0 Å². The second kappa shape index (κ2) is 33.2. The number of carbonyl (C=O) groups is 1. The summed E-state index contributed by atoms with van der Waals surface area (Å²) < 4.78 is 32.2. The first-order valence-corrected chi connectivity index (χ1v) is 17.3. The number of rotatable bonds is 18. The van der Waals surface area contributed by atoms with Crippen molar-refractivity contribution in [2.75, 3.05) is 13.2 Å². The Hall–Kier alpha value is -4.34. The SMILES string of the molecule is C#C.C=CC1=NN(C/C=C\C(F)=C/C)C=C(CCCCCCC(=C/C)/C=C(F)\C=C/C)C1.C=O.CCOC(C)N[C@@H](C)C1=C=C/C=C\C/C=C\1. The molecule has 0 spiro atoms. The summed E-state index contributed by atoms with van der Waals surface area (Å²) in [5.74, 6) is -0.437. The number of halogens is 2. The van der Waals surface area contributed by atoms with E-state index in [0.29, 0.717) is 6.54 Å². The molecule has 2 rings (SSSR count). The number of nitrogens with zero attached hydrogens (tertiary/aromatic N) is 2. The quantitative estimate of drug-likeness (QED) is 0.0512. The molecule has 0 aromatic rings. The third kappa shape index (κ3) is 24.7. The van der Waals surface area contributed by atoms with Gasteiger partial charge in [0.1, 0.15) is 24.7 Å². The lowest BCUT2D eigenvalue weighted by atomic mass is 10.00. The molecule has 1 aliphatic heterocycles. The Kier molecular flexibility index (Phi) is 31.7. The minimum absolute atomic E-state index is 0.0729. The van der Waals surface area contributed by atoms with Crippen LogP contribution in [0, 0.1) is 12.8 Å².